The average Bonchev–Trinajstić information content (AvgIpc) is 3.67. The molecule has 0 radical (unpaired) electrons. The number of nitrogens with zero attached hydrogens (tertiary/aromatic N) is 3. The Hall–Kier alpha value is -2.49. The number of carbonyl (C=O) groups is 1. The largest absolute Gasteiger partial charge is 0.403 e. The highest BCUT2D eigenvalue weighted by Gasteiger charge is 2.68. The van der Waals surface area contributed by atoms with Gasteiger partial charge in [0.1, 0.15) is 11.2 Å². The van der Waals surface area contributed by atoms with E-state index in [-0.39, 0.29) is 19.4 Å². The highest BCUT2D eigenvalue weighted by Crippen LogP contribution is 2.57. The maximum absolute atomic E-state index is 13.3. The van der Waals surface area contributed by atoms with Gasteiger partial charge in [0, 0.05) is 44.7 Å². The van der Waals surface area contributed by atoms with E-state index < -0.39 is 17.5 Å². The number of rotatable bonds is 9. The summed E-state index contributed by atoms with van der Waals surface area (Å²) in [5.74, 6) is 0.490. The number of carbonyl (C=O) groups excluding carboxylic acids is 1. The molecule has 1 aliphatic heterocycles. The molecule has 40 heavy (non-hydrogen) atoms. The van der Waals surface area contributed by atoms with E-state index in [1.54, 1.807) is 19.2 Å². The lowest BCUT2D eigenvalue weighted by Crippen LogP contribution is -2.40. The van der Waals surface area contributed by atoms with E-state index in [0.717, 1.165) is 54.0 Å². The summed E-state index contributed by atoms with van der Waals surface area (Å²) in [6.45, 7) is 5.22. The lowest BCUT2D eigenvalue weighted by Gasteiger charge is -2.32. The minimum atomic E-state index is -4.54. The van der Waals surface area contributed by atoms with Crippen molar-refractivity contribution in [3.05, 3.63) is 57.3 Å². The van der Waals surface area contributed by atoms with Gasteiger partial charge >= 0.3 is 6.18 Å². The van der Waals surface area contributed by atoms with Crippen molar-refractivity contribution in [1.82, 2.24) is 14.9 Å². The fraction of sp³-hybridized carbons (Fsp3) is 0.517. The van der Waals surface area contributed by atoms with Crippen LogP contribution in [0.5, 0.6) is 0 Å². The molecule has 1 aliphatic carbocycles. The molecule has 0 unspecified atom stereocenters. The molecule has 6 nitrogen and oxygen atoms in total. The number of anilines is 1. The second-order valence-corrected chi connectivity index (χ2v) is 11.8. The molecule has 1 aromatic heterocycles. The van der Waals surface area contributed by atoms with Crippen LogP contribution in [0.4, 0.5) is 18.9 Å². The van der Waals surface area contributed by atoms with Gasteiger partial charge in [-0.25, -0.2) is 4.98 Å². The summed E-state index contributed by atoms with van der Waals surface area (Å²) < 4.78 is 47.4. The van der Waals surface area contributed by atoms with Gasteiger partial charge in [-0.3, -0.25) is 4.79 Å². The molecule has 5 rings (SSSR count). The number of halogens is 5. The number of nitrogens with one attached hydrogen (secondary N) is 1. The summed E-state index contributed by atoms with van der Waals surface area (Å²) in [5.41, 5.74) is 1.89. The molecule has 1 saturated carbocycles. The number of hydrogen-bond acceptors (Lipinski definition) is 4. The fourth-order valence-corrected chi connectivity index (χ4v) is 5.86. The molecule has 11 heteroatoms. The SMILES string of the molecule is COCCn1c(Cc2cc(CNC(=O)C3(C(F)(F)F)CC3)ccc2Cl)nc2cc(Cl)c(N3CCC(C)CC3)cc21. The molecular weight excluding hydrogens is 564 g/mol. The topological polar surface area (TPSA) is 59.4 Å². The monoisotopic (exact) mass is 596 g/mol. The second kappa shape index (κ2) is 11.4. The molecule has 2 aliphatic rings. The molecule has 216 valence electrons. The minimum Gasteiger partial charge on any atom is -0.383 e. The first-order valence-electron chi connectivity index (χ1n) is 13.6. The quantitative estimate of drug-likeness (QED) is 0.296. The third kappa shape index (κ3) is 5.78. The number of ether oxygens (including phenoxy) is 1. The van der Waals surface area contributed by atoms with E-state index in [9.17, 15) is 18.0 Å². The lowest BCUT2D eigenvalue weighted by molar-refractivity contribution is -0.192. The number of alkyl halides is 3. The number of methoxy groups -OCH3 is 1. The molecule has 2 heterocycles. The van der Waals surface area contributed by atoms with E-state index in [1.807, 2.05) is 12.1 Å². The van der Waals surface area contributed by atoms with Crippen LogP contribution in [0, 0.1) is 11.3 Å². The summed E-state index contributed by atoms with van der Waals surface area (Å²) in [7, 11) is 1.65. The number of aromatic nitrogens is 2. The van der Waals surface area contributed by atoms with Gasteiger partial charge in [0.15, 0.2) is 0 Å². The molecule has 1 amide bonds. The van der Waals surface area contributed by atoms with Crippen molar-refractivity contribution in [2.45, 2.75) is 58.3 Å². The van der Waals surface area contributed by atoms with E-state index in [4.69, 9.17) is 32.9 Å². The maximum Gasteiger partial charge on any atom is 0.403 e. The van der Waals surface area contributed by atoms with Gasteiger partial charge in [0.25, 0.3) is 0 Å². The van der Waals surface area contributed by atoms with E-state index in [0.29, 0.717) is 41.1 Å². The summed E-state index contributed by atoms with van der Waals surface area (Å²) in [5, 5.41) is 3.64. The second-order valence-electron chi connectivity index (χ2n) is 11.0. The van der Waals surface area contributed by atoms with Crippen molar-refractivity contribution >= 4 is 45.8 Å². The first-order valence-corrected chi connectivity index (χ1v) is 14.3. The van der Waals surface area contributed by atoms with Gasteiger partial charge in [-0.15, -0.1) is 0 Å². The number of piperidine rings is 1. The zero-order valence-electron chi connectivity index (χ0n) is 22.6. The van der Waals surface area contributed by atoms with Gasteiger partial charge < -0.3 is 19.5 Å². The van der Waals surface area contributed by atoms with Crippen molar-refractivity contribution in [2.24, 2.45) is 11.3 Å². The molecule has 1 saturated heterocycles. The molecule has 2 fully saturated rings. The van der Waals surface area contributed by atoms with Gasteiger partial charge in [-0.2, -0.15) is 13.2 Å². The highest BCUT2D eigenvalue weighted by molar-refractivity contribution is 6.34. The number of hydrogen-bond donors (Lipinski definition) is 1. The summed E-state index contributed by atoms with van der Waals surface area (Å²) in [6, 6.07) is 9.21. The van der Waals surface area contributed by atoms with Crippen LogP contribution in [0.2, 0.25) is 10.0 Å². The normalized spacial score (nSPS) is 17.4. The predicted molar refractivity (Wildman–Crippen MR) is 151 cm³/mol. The van der Waals surface area contributed by atoms with Crippen molar-refractivity contribution in [3.63, 3.8) is 0 Å². The van der Waals surface area contributed by atoms with Gasteiger partial charge in [-0.1, -0.05) is 42.3 Å². The lowest BCUT2D eigenvalue weighted by atomic mass is 9.99. The third-order valence-electron chi connectivity index (χ3n) is 8.18. The zero-order chi connectivity index (χ0) is 28.7. The van der Waals surface area contributed by atoms with Crippen LogP contribution in [0.3, 0.4) is 0 Å². The Morgan fingerprint density at radius 2 is 1.88 bits per heavy atom. The predicted octanol–water partition coefficient (Wildman–Crippen LogP) is 6.78. The maximum atomic E-state index is 13.3. The molecule has 1 N–H and O–H groups in total. The zero-order valence-corrected chi connectivity index (χ0v) is 24.1. The Morgan fingerprint density at radius 1 is 1.15 bits per heavy atom. The Labute approximate surface area is 241 Å². The van der Waals surface area contributed by atoms with Crippen molar-refractivity contribution in [1.29, 1.82) is 0 Å². The van der Waals surface area contributed by atoms with E-state index >= 15 is 0 Å². The Balaban J connectivity index is 1.40. The molecule has 0 atom stereocenters. The fourth-order valence-electron chi connectivity index (χ4n) is 5.40. The van der Waals surface area contributed by atoms with Crippen molar-refractivity contribution in [2.75, 3.05) is 31.7 Å². The number of amides is 1. The van der Waals surface area contributed by atoms with Crippen LogP contribution in [0.1, 0.15) is 49.6 Å². The van der Waals surface area contributed by atoms with Gasteiger partial charge in [0.2, 0.25) is 5.91 Å². The Morgan fingerprint density at radius 3 is 2.52 bits per heavy atom. The van der Waals surface area contributed by atoms with Crippen molar-refractivity contribution < 1.29 is 22.7 Å². The first-order chi connectivity index (χ1) is 19.0. The highest BCUT2D eigenvalue weighted by atomic mass is 35.5. The average molecular weight is 598 g/mol. The Bertz CT molecular complexity index is 1400. The molecule has 0 spiro atoms. The molecular formula is C29H33Cl2F3N4O2. The van der Waals surface area contributed by atoms with Crippen LogP contribution < -0.4 is 10.2 Å². The van der Waals surface area contributed by atoms with Crippen LogP contribution in [0.15, 0.2) is 30.3 Å². The number of fused-ring (bicyclic) bond motifs is 1. The first kappa shape index (κ1) is 29.0. The van der Waals surface area contributed by atoms with E-state index in [1.165, 1.54) is 0 Å². The minimum absolute atomic E-state index is 0.0195. The van der Waals surface area contributed by atoms with Gasteiger partial charge in [-0.05, 0) is 60.9 Å². The van der Waals surface area contributed by atoms with Crippen molar-refractivity contribution in [3.8, 4) is 0 Å². The summed E-state index contributed by atoms with van der Waals surface area (Å²) >= 11 is 13.3. The van der Waals surface area contributed by atoms with Crippen LogP contribution in [0.25, 0.3) is 11.0 Å². The number of benzene rings is 2. The van der Waals surface area contributed by atoms with Crippen LogP contribution in [-0.2, 0) is 29.0 Å². The molecule has 0 bridgehead atoms. The molecule has 2 aromatic carbocycles. The summed E-state index contributed by atoms with van der Waals surface area (Å²) in [4.78, 5) is 19.5. The summed E-state index contributed by atoms with van der Waals surface area (Å²) in [6.07, 6.45) is -2.26. The van der Waals surface area contributed by atoms with Crippen LogP contribution in [-0.4, -0.2) is 48.4 Å². The van der Waals surface area contributed by atoms with Crippen LogP contribution >= 0.6 is 23.2 Å². The third-order valence-corrected chi connectivity index (χ3v) is 8.85. The van der Waals surface area contributed by atoms with Gasteiger partial charge in [0.05, 0.1) is 28.4 Å². The smallest absolute Gasteiger partial charge is 0.383 e. The number of imidazole rings is 1. The molecule has 3 aromatic rings. The van der Waals surface area contributed by atoms with E-state index in [2.05, 4.69) is 27.8 Å². The standard InChI is InChI=1S/C29H33Cl2F3N4O2/c1-18-5-9-37(10-6-18)24-16-25-23(15-22(24)31)36-26(38(25)11-12-40-2)14-20-13-19(3-4-21(20)30)17-35-27(39)28(7-8-28)29(32,33)34/h3-4,13,15-16,18H,5-12,14,17H2,1-2H3,(H,35,39). The Kier molecular flexibility index (Phi) is 8.28.